The van der Waals surface area contributed by atoms with Crippen LogP contribution in [-0.4, -0.2) is 22.0 Å². The summed E-state index contributed by atoms with van der Waals surface area (Å²) < 4.78 is 0. The number of carboxylic acids is 1. The summed E-state index contributed by atoms with van der Waals surface area (Å²) in [5.74, 6) is -2.20. The van der Waals surface area contributed by atoms with Gasteiger partial charge in [-0.15, -0.1) is 0 Å². The van der Waals surface area contributed by atoms with Gasteiger partial charge in [0.2, 0.25) is 0 Å². The summed E-state index contributed by atoms with van der Waals surface area (Å²) in [5, 5.41) is 19.2. The Bertz CT molecular complexity index is 590. The maximum absolute atomic E-state index is 11.2. The molecule has 22 heavy (non-hydrogen) atoms. The van der Waals surface area contributed by atoms with E-state index < -0.39 is 11.8 Å². The van der Waals surface area contributed by atoms with E-state index >= 15 is 0 Å². The van der Waals surface area contributed by atoms with E-state index in [1.807, 2.05) is 41.5 Å². The first kappa shape index (κ1) is 18.0. The minimum absolute atomic E-state index is 0.252. The molecule has 0 amide bonds. The van der Waals surface area contributed by atoms with E-state index in [1.165, 1.54) is 6.08 Å². The van der Waals surface area contributed by atoms with E-state index in [9.17, 15) is 14.7 Å². The van der Waals surface area contributed by atoms with Crippen molar-refractivity contribution in [3.05, 3.63) is 34.9 Å². The number of benzene rings is 1. The number of carboxylic acid groups (broad SMARTS) is 1. The molecule has 0 aliphatic carbocycles. The van der Waals surface area contributed by atoms with Gasteiger partial charge in [0.1, 0.15) is 5.75 Å². The molecule has 0 aliphatic rings. The minimum Gasteiger partial charge on any atom is -0.507 e. The number of rotatable bonds is 3. The smallest absolute Gasteiger partial charge is 0.376 e. The van der Waals surface area contributed by atoms with E-state index in [0.29, 0.717) is 5.56 Å². The highest BCUT2D eigenvalue weighted by atomic mass is 16.4. The first-order valence-electron chi connectivity index (χ1n) is 7.17. The largest absolute Gasteiger partial charge is 0.507 e. The summed E-state index contributed by atoms with van der Waals surface area (Å²) in [6.07, 6.45) is 2.51. The predicted molar refractivity (Wildman–Crippen MR) is 87.2 cm³/mol. The van der Waals surface area contributed by atoms with Gasteiger partial charge in [-0.2, -0.15) is 0 Å². The van der Waals surface area contributed by atoms with Crippen molar-refractivity contribution in [3.8, 4) is 5.75 Å². The van der Waals surface area contributed by atoms with Crippen LogP contribution < -0.4 is 0 Å². The van der Waals surface area contributed by atoms with Gasteiger partial charge in [0.05, 0.1) is 0 Å². The van der Waals surface area contributed by atoms with Crippen LogP contribution >= 0.6 is 0 Å². The van der Waals surface area contributed by atoms with Crippen molar-refractivity contribution in [2.24, 2.45) is 0 Å². The Balaban J connectivity index is 3.48. The van der Waals surface area contributed by atoms with Crippen molar-refractivity contribution in [1.82, 2.24) is 0 Å². The molecule has 0 spiro atoms. The number of phenolic OH excluding ortho intramolecular Hbond substituents is 1. The molecule has 1 rings (SSSR count). The Kier molecular flexibility index (Phi) is 4.86. The van der Waals surface area contributed by atoms with Crippen LogP contribution in [0.5, 0.6) is 5.75 Å². The number of ketones is 1. The molecule has 0 heterocycles. The Labute approximate surface area is 131 Å². The summed E-state index contributed by atoms with van der Waals surface area (Å²) >= 11 is 0. The zero-order valence-corrected chi connectivity index (χ0v) is 14.0. The second-order valence-electron chi connectivity index (χ2n) is 7.47. The Hall–Kier alpha value is -2.10. The summed E-state index contributed by atoms with van der Waals surface area (Å²) in [4.78, 5) is 21.8. The normalized spacial score (nSPS) is 12.6. The van der Waals surface area contributed by atoms with Crippen LogP contribution in [-0.2, 0) is 20.4 Å². The predicted octanol–water partition coefficient (Wildman–Crippen LogP) is 3.65. The maximum atomic E-state index is 11.2. The first-order valence-corrected chi connectivity index (χ1v) is 7.17. The van der Waals surface area contributed by atoms with Crippen LogP contribution in [0.25, 0.3) is 6.08 Å². The molecule has 0 unspecified atom stereocenters. The number of hydrogen-bond acceptors (Lipinski definition) is 3. The molecule has 0 aliphatic heterocycles. The van der Waals surface area contributed by atoms with Gasteiger partial charge in [-0.3, -0.25) is 4.79 Å². The lowest BCUT2D eigenvalue weighted by molar-refractivity contribution is -0.146. The van der Waals surface area contributed by atoms with Gasteiger partial charge >= 0.3 is 5.97 Å². The highest BCUT2D eigenvalue weighted by Crippen LogP contribution is 2.39. The van der Waals surface area contributed by atoms with Gasteiger partial charge in [-0.05, 0) is 34.6 Å². The molecule has 0 bridgehead atoms. The third-order valence-electron chi connectivity index (χ3n) is 3.39. The molecule has 0 aromatic heterocycles. The molecule has 0 radical (unpaired) electrons. The monoisotopic (exact) mass is 304 g/mol. The Morgan fingerprint density at radius 3 is 1.68 bits per heavy atom. The highest BCUT2D eigenvalue weighted by Gasteiger charge is 2.26. The van der Waals surface area contributed by atoms with Gasteiger partial charge in [-0.25, -0.2) is 4.79 Å². The van der Waals surface area contributed by atoms with Crippen molar-refractivity contribution in [1.29, 1.82) is 0 Å². The number of aliphatic carboxylic acids is 1. The average molecular weight is 304 g/mol. The Morgan fingerprint density at radius 1 is 0.955 bits per heavy atom. The van der Waals surface area contributed by atoms with Gasteiger partial charge in [0.25, 0.3) is 5.78 Å². The molecule has 0 atom stereocenters. The summed E-state index contributed by atoms with van der Waals surface area (Å²) in [7, 11) is 0. The van der Waals surface area contributed by atoms with Gasteiger partial charge in [0.15, 0.2) is 0 Å². The molecule has 120 valence electrons. The molecule has 0 saturated carbocycles. The molecule has 0 saturated heterocycles. The van der Waals surface area contributed by atoms with E-state index in [2.05, 4.69) is 0 Å². The molecule has 4 nitrogen and oxygen atoms in total. The molecule has 1 aromatic rings. The van der Waals surface area contributed by atoms with Crippen molar-refractivity contribution in [2.75, 3.05) is 0 Å². The summed E-state index contributed by atoms with van der Waals surface area (Å²) in [6, 6.07) is 3.58. The Morgan fingerprint density at radius 2 is 1.36 bits per heavy atom. The zero-order chi connectivity index (χ0) is 17.3. The fraction of sp³-hybridized carbons (Fsp3) is 0.444. The van der Waals surface area contributed by atoms with Crippen LogP contribution in [0.4, 0.5) is 0 Å². The molecule has 2 N–H and O–H groups in total. The highest BCUT2D eigenvalue weighted by molar-refractivity contribution is 6.38. The van der Waals surface area contributed by atoms with Crippen molar-refractivity contribution in [3.63, 3.8) is 0 Å². The van der Waals surface area contributed by atoms with E-state index in [4.69, 9.17) is 5.11 Å². The molecular weight excluding hydrogens is 280 g/mol. The quantitative estimate of drug-likeness (QED) is 0.660. The van der Waals surface area contributed by atoms with E-state index in [0.717, 1.165) is 17.2 Å². The number of phenols is 1. The third-order valence-corrected chi connectivity index (χ3v) is 3.39. The van der Waals surface area contributed by atoms with Crippen molar-refractivity contribution >= 4 is 17.8 Å². The second kappa shape index (κ2) is 5.95. The zero-order valence-electron chi connectivity index (χ0n) is 14.0. The summed E-state index contributed by atoms with van der Waals surface area (Å²) in [6.45, 7) is 11.9. The molecular formula is C18H24O4. The first-order chi connectivity index (χ1) is 9.84. The lowest BCUT2D eigenvalue weighted by atomic mass is 9.78. The van der Waals surface area contributed by atoms with Gasteiger partial charge in [-0.1, -0.05) is 47.6 Å². The maximum Gasteiger partial charge on any atom is 0.376 e. The van der Waals surface area contributed by atoms with Crippen molar-refractivity contribution in [2.45, 2.75) is 52.4 Å². The standard InChI is InChI=1S/C18H24O4/c1-17(2,3)12-9-11(7-8-14(19)16(21)22)10-13(15(12)20)18(4,5)6/h7-10,20H,1-6H3,(H,21,22)/b8-7+. The van der Waals surface area contributed by atoms with Crippen LogP contribution in [0.15, 0.2) is 18.2 Å². The number of hydrogen-bond donors (Lipinski definition) is 2. The lowest BCUT2D eigenvalue weighted by Gasteiger charge is -2.27. The fourth-order valence-corrected chi connectivity index (χ4v) is 2.14. The SMILES string of the molecule is CC(C)(C)c1cc(/C=C/C(=O)C(=O)O)cc(C(C)(C)C)c1O. The van der Waals surface area contributed by atoms with Crippen LogP contribution in [0.1, 0.15) is 58.2 Å². The topological polar surface area (TPSA) is 74.6 Å². The van der Waals surface area contributed by atoms with Crippen LogP contribution in [0.3, 0.4) is 0 Å². The number of carbonyl (C=O) groups is 2. The molecule has 4 heteroatoms. The lowest BCUT2D eigenvalue weighted by Crippen LogP contribution is -2.17. The fourth-order valence-electron chi connectivity index (χ4n) is 2.14. The van der Waals surface area contributed by atoms with Gasteiger partial charge in [0, 0.05) is 11.1 Å². The third kappa shape index (κ3) is 4.20. The van der Waals surface area contributed by atoms with E-state index in [1.54, 1.807) is 12.1 Å². The minimum atomic E-state index is -1.48. The van der Waals surface area contributed by atoms with Gasteiger partial charge < -0.3 is 10.2 Å². The molecule has 0 fully saturated rings. The number of aromatic hydroxyl groups is 1. The number of carbonyl (C=O) groups excluding carboxylic acids is 1. The summed E-state index contributed by atoms with van der Waals surface area (Å²) in [5.41, 5.74) is 1.68. The van der Waals surface area contributed by atoms with Crippen LogP contribution in [0, 0.1) is 0 Å². The van der Waals surface area contributed by atoms with Crippen LogP contribution in [0.2, 0.25) is 0 Å². The second-order valence-corrected chi connectivity index (χ2v) is 7.47. The van der Waals surface area contributed by atoms with Crippen molar-refractivity contribution < 1.29 is 19.8 Å². The molecule has 1 aromatic carbocycles. The van der Waals surface area contributed by atoms with E-state index in [-0.39, 0.29) is 16.6 Å². The average Bonchev–Trinajstić information content (AvgIpc) is 2.33.